The van der Waals surface area contributed by atoms with Gasteiger partial charge in [-0.3, -0.25) is 0 Å². The normalized spacial score (nSPS) is 15.5. The largest absolute Gasteiger partial charge is 0.456 e. The van der Waals surface area contributed by atoms with E-state index in [1.807, 2.05) is 0 Å². The van der Waals surface area contributed by atoms with Crippen LogP contribution >= 0.6 is 0 Å². The molecule has 0 aromatic heterocycles. The summed E-state index contributed by atoms with van der Waals surface area (Å²) < 4.78 is 6.90. The summed E-state index contributed by atoms with van der Waals surface area (Å²) in [5, 5.41) is 4.78. The van der Waals surface area contributed by atoms with Crippen LogP contribution in [0.25, 0.3) is 32.7 Å². The lowest BCUT2D eigenvalue weighted by Crippen LogP contribution is -2.32. The maximum atomic E-state index is 6.90. The average molecular weight is 600 g/mol. The number of hydrogen-bond donors (Lipinski definition) is 0. The van der Waals surface area contributed by atoms with Gasteiger partial charge in [-0.15, -0.1) is 0 Å². The summed E-state index contributed by atoms with van der Waals surface area (Å²) in [5.41, 5.74) is 10.2. The Hall–Kier alpha value is -6.12. The second-order valence-electron chi connectivity index (χ2n) is 12.5. The molecule has 8 aromatic rings. The maximum Gasteiger partial charge on any atom is 0.140 e. The van der Waals surface area contributed by atoms with E-state index in [-0.39, 0.29) is 0 Å². The minimum atomic E-state index is -0.585. The van der Waals surface area contributed by atoms with Crippen molar-refractivity contribution >= 4 is 38.6 Å². The van der Waals surface area contributed by atoms with Gasteiger partial charge in [0.25, 0.3) is 0 Å². The standard InChI is InChI=1S/C45H29NO/c1-3-16-33(17-4-1)46(34-18-5-2-6-19-34)35-24-25-37-38-27-31-14-7-8-15-32(31)28-41(38)45(42(37)29-35)39-21-11-12-22-43(39)47-44-36-20-10-9-13-30(36)23-26-40(44)45/h1-29H. The molecule has 2 heteroatoms. The molecule has 8 aromatic carbocycles. The van der Waals surface area contributed by atoms with Gasteiger partial charge in [-0.1, -0.05) is 121 Å². The lowest BCUT2D eigenvalue weighted by Gasteiger charge is -2.40. The van der Waals surface area contributed by atoms with E-state index in [1.54, 1.807) is 0 Å². The smallest absolute Gasteiger partial charge is 0.140 e. The van der Waals surface area contributed by atoms with Gasteiger partial charge in [0.2, 0.25) is 0 Å². The van der Waals surface area contributed by atoms with Gasteiger partial charge in [0.05, 0.1) is 5.41 Å². The third kappa shape index (κ3) is 3.67. The molecule has 0 bridgehead atoms. The Labute approximate surface area is 273 Å². The molecule has 1 atom stereocenters. The monoisotopic (exact) mass is 599 g/mol. The predicted octanol–water partition coefficient (Wildman–Crippen LogP) is 11.9. The Kier molecular flexibility index (Phi) is 5.53. The number of fused-ring (bicyclic) bond motifs is 12. The van der Waals surface area contributed by atoms with E-state index in [0.717, 1.165) is 33.9 Å². The molecule has 0 saturated heterocycles. The molecule has 1 aliphatic carbocycles. The van der Waals surface area contributed by atoms with E-state index in [4.69, 9.17) is 4.74 Å². The van der Waals surface area contributed by atoms with Gasteiger partial charge in [-0.25, -0.2) is 0 Å². The van der Waals surface area contributed by atoms with E-state index < -0.39 is 5.41 Å². The minimum absolute atomic E-state index is 0.585. The zero-order valence-corrected chi connectivity index (χ0v) is 25.6. The molecule has 1 aliphatic heterocycles. The van der Waals surface area contributed by atoms with E-state index in [0.29, 0.717) is 0 Å². The van der Waals surface area contributed by atoms with Crippen LogP contribution in [-0.4, -0.2) is 0 Å². The number of ether oxygens (including phenoxy) is 1. The molecule has 220 valence electrons. The fourth-order valence-electron chi connectivity index (χ4n) is 8.09. The molecule has 0 saturated carbocycles. The Morgan fingerprint density at radius 2 is 1.00 bits per heavy atom. The van der Waals surface area contributed by atoms with E-state index in [1.165, 1.54) is 49.5 Å². The van der Waals surface area contributed by atoms with Crippen molar-refractivity contribution in [2.24, 2.45) is 0 Å². The van der Waals surface area contributed by atoms with E-state index >= 15 is 0 Å². The summed E-state index contributed by atoms with van der Waals surface area (Å²) in [5.74, 6) is 1.83. The van der Waals surface area contributed by atoms with Crippen molar-refractivity contribution in [1.29, 1.82) is 0 Å². The molecular weight excluding hydrogens is 571 g/mol. The number of para-hydroxylation sites is 3. The van der Waals surface area contributed by atoms with Crippen LogP contribution in [0.1, 0.15) is 22.3 Å². The maximum absolute atomic E-state index is 6.90. The minimum Gasteiger partial charge on any atom is -0.456 e. The zero-order valence-electron chi connectivity index (χ0n) is 25.6. The molecule has 10 rings (SSSR count). The Bertz CT molecular complexity index is 2460. The lowest BCUT2D eigenvalue weighted by atomic mass is 9.65. The van der Waals surface area contributed by atoms with Crippen molar-refractivity contribution in [3.63, 3.8) is 0 Å². The number of rotatable bonds is 3. The molecule has 1 spiro atoms. The third-order valence-electron chi connectivity index (χ3n) is 10.1. The average Bonchev–Trinajstić information content (AvgIpc) is 3.40. The van der Waals surface area contributed by atoms with Crippen LogP contribution in [0.15, 0.2) is 176 Å². The first-order chi connectivity index (χ1) is 23.3. The Morgan fingerprint density at radius 1 is 0.383 bits per heavy atom. The van der Waals surface area contributed by atoms with Crippen molar-refractivity contribution in [1.82, 2.24) is 0 Å². The van der Waals surface area contributed by atoms with Crippen molar-refractivity contribution < 1.29 is 4.74 Å². The highest BCUT2D eigenvalue weighted by atomic mass is 16.5. The van der Waals surface area contributed by atoms with Crippen LogP contribution in [0.5, 0.6) is 11.5 Å². The fourth-order valence-corrected chi connectivity index (χ4v) is 8.09. The van der Waals surface area contributed by atoms with Crippen LogP contribution in [0, 0.1) is 0 Å². The topological polar surface area (TPSA) is 12.5 Å². The molecule has 47 heavy (non-hydrogen) atoms. The first-order valence-corrected chi connectivity index (χ1v) is 16.2. The highest BCUT2D eigenvalue weighted by Crippen LogP contribution is 2.64. The zero-order chi connectivity index (χ0) is 31.0. The summed E-state index contributed by atoms with van der Waals surface area (Å²) >= 11 is 0. The molecule has 1 heterocycles. The predicted molar refractivity (Wildman–Crippen MR) is 194 cm³/mol. The second-order valence-corrected chi connectivity index (χ2v) is 12.5. The molecule has 0 amide bonds. The molecule has 1 unspecified atom stereocenters. The van der Waals surface area contributed by atoms with E-state index in [2.05, 4.69) is 181 Å². The highest BCUT2D eigenvalue weighted by molar-refractivity contribution is 6.00. The number of anilines is 3. The molecular formula is C45H29NO. The van der Waals surface area contributed by atoms with Crippen LogP contribution in [0.2, 0.25) is 0 Å². The van der Waals surface area contributed by atoms with Gasteiger partial charge in [0, 0.05) is 33.6 Å². The summed E-state index contributed by atoms with van der Waals surface area (Å²) in [6, 6.07) is 63.7. The van der Waals surface area contributed by atoms with Crippen molar-refractivity contribution in [2.75, 3.05) is 4.90 Å². The summed E-state index contributed by atoms with van der Waals surface area (Å²) in [6.45, 7) is 0. The highest BCUT2D eigenvalue weighted by Gasteiger charge is 2.51. The third-order valence-corrected chi connectivity index (χ3v) is 10.1. The number of hydrogen-bond acceptors (Lipinski definition) is 2. The molecule has 2 aliphatic rings. The van der Waals surface area contributed by atoms with Gasteiger partial charge < -0.3 is 9.64 Å². The fraction of sp³-hybridized carbons (Fsp3) is 0.0222. The van der Waals surface area contributed by atoms with Gasteiger partial charge in [-0.2, -0.15) is 0 Å². The van der Waals surface area contributed by atoms with Crippen LogP contribution in [0.3, 0.4) is 0 Å². The SMILES string of the molecule is c1ccc(N(c2ccccc2)c2ccc3c(c2)C2(c4ccccc4Oc4c2ccc2ccccc42)c2cc4ccccc4cc2-3)cc1. The molecule has 0 N–H and O–H groups in total. The number of benzene rings is 8. The van der Waals surface area contributed by atoms with Crippen molar-refractivity contribution in [3.05, 3.63) is 198 Å². The quantitative estimate of drug-likeness (QED) is 0.200. The van der Waals surface area contributed by atoms with Crippen LogP contribution in [0.4, 0.5) is 17.1 Å². The number of nitrogens with zero attached hydrogens (tertiary/aromatic N) is 1. The summed E-state index contributed by atoms with van der Waals surface area (Å²) in [6.07, 6.45) is 0. The summed E-state index contributed by atoms with van der Waals surface area (Å²) in [7, 11) is 0. The van der Waals surface area contributed by atoms with Gasteiger partial charge >= 0.3 is 0 Å². The first kappa shape index (κ1) is 26.1. The molecule has 0 fully saturated rings. The Morgan fingerprint density at radius 3 is 1.77 bits per heavy atom. The van der Waals surface area contributed by atoms with E-state index in [9.17, 15) is 0 Å². The van der Waals surface area contributed by atoms with Gasteiger partial charge in [0.1, 0.15) is 11.5 Å². The van der Waals surface area contributed by atoms with Crippen molar-refractivity contribution in [2.45, 2.75) is 5.41 Å². The molecule has 2 nitrogen and oxygen atoms in total. The van der Waals surface area contributed by atoms with Gasteiger partial charge in [-0.05, 0) is 93.0 Å². The van der Waals surface area contributed by atoms with Crippen LogP contribution in [-0.2, 0) is 5.41 Å². The van der Waals surface area contributed by atoms with Crippen LogP contribution < -0.4 is 9.64 Å². The second kappa shape index (κ2) is 9.94. The van der Waals surface area contributed by atoms with Gasteiger partial charge in [0.15, 0.2) is 0 Å². The lowest BCUT2D eigenvalue weighted by molar-refractivity contribution is 0.442. The Balaban J connectivity index is 1.35. The first-order valence-electron chi connectivity index (χ1n) is 16.2. The molecule has 0 radical (unpaired) electrons. The summed E-state index contributed by atoms with van der Waals surface area (Å²) in [4.78, 5) is 2.36. The van der Waals surface area contributed by atoms with Crippen molar-refractivity contribution in [3.8, 4) is 22.6 Å².